The lowest BCUT2D eigenvalue weighted by Gasteiger charge is -2.21. The first kappa shape index (κ1) is 19.7. The van der Waals surface area contributed by atoms with E-state index in [1.807, 2.05) is 30.3 Å². The molecular weight excluding hydrogens is 354 g/mol. The summed E-state index contributed by atoms with van der Waals surface area (Å²) in [7, 11) is 0. The van der Waals surface area contributed by atoms with Crippen LogP contribution < -0.4 is 9.47 Å². The molecule has 0 spiro atoms. The summed E-state index contributed by atoms with van der Waals surface area (Å²) in [4.78, 5) is 26.9. The lowest BCUT2D eigenvalue weighted by Crippen LogP contribution is -2.33. The number of Topliss-reactive ketones (excluding diaryl/α,β-unsaturated/α-hetero) is 1. The van der Waals surface area contributed by atoms with Gasteiger partial charge in [-0.2, -0.15) is 0 Å². The number of benzene rings is 2. The van der Waals surface area contributed by atoms with E-state index in [-0.39, 0.29) is 24.5 Å². The molecule has 1 amide bonds. The number of hydrogen-bond donors (Lipinski definition) is 0. The van der Waals surface area contributed by atoms with Gasteiger partial charge in [0, 0.05) is 31.5 Å². The maximum Gasteiger partial charge on any atom is 0.223 e. The molecule has 0 radical (unpaired) electrons. The van der Waals surface area contributed by atoms with Crippen LogP contribution in [0.15, 0.2) is 61.2 Å². The third-order valence-electron chi connectivity index (χ3n) is 4.65. The van der Waals surface area contributed by atoms with Crippen molar-refractivity contribution in [3.05, 3.63) is 72.3 Å². The zero-order valence-corrected chi connectivity index (χ0v) is 15.9. The number of hydrogen-bond acceptors (Lipinski definition) is 4. The highest BCUT2D eigenvalue weighted by atomic mass is 16.6. The van der Waals surface area contributed by atoms with E-state index in [1.165, 1.54) is 5.56 Å². The Morgan fingerprint density at radius 2 is 1.75 bits per heavy atom. The Kier molecular flexibility index (Phi) is 6.84. The van der Waals surface area contributed by atoms with Gasteiger partial charge in [0.15, 0.2) is 17.3 Å². The Hall–Kier alpha value is -3.08. The van der Waals surface area contributed by atoms with Crippen molar-refractivity contribution in [1.29, 1.82) is 0 Å². The fourth-order valence-corrected chi connectivity index (χ4v) is 3.12. The lowest BCUT2D eigenvalue weighted by atomic mass is 10.0. The van der Waals surface area contributed by atoms with Crippen molar-refractivity contribution in [3.8, 4) is 11.5 Å². The molecule has 0 bridgehead atoms. The Morgan fingerprint density at radius 3 is 2.50 bits per heavy atom. The molecule has 2 aromatic rings. The maximum atomic E-state index is 12.6. The smallest absolute Gasteiger partial charge is 0.223 e. The molecular formula is C23H25NO4. The van der Waals surface area contributed by atoms with Crippen LogP contribution in [0.1, 0.15) is 28.8 Å². The highest BCUT2D eigenvalue weighted by molar-refractivity contribution is 5.98. The van der Waals surface area contributed by atoms with Crippen molar-refractivity contribution >= 4 is 11.7 Å². The first-order valence-corrected chi connectivity index (χ1v) is 9.53. The molecule has 0 unspecified atom stereocenters. The standard InChI is InChI=1S/C23H25NO4/c1-2-13-24(14-12-18-6-4-3-5-7-18)23(26)11-9-20(25)19-8-10-21-22(17-19)28-16-15-27-21/h2-8,10,17H,1,9,11-16H2. The number of fused-ring (bicyclic) bond motifs is 1. The van der Waals surface area contributed by atoms with E-state index < -0.39 is 0 Å². The molecule has 1 heterocycles. The number of amides is 1. The summed E-state index contributed by atoms with van der Waals surface area (Å²) in [5.41, 5.74) is 1.72. The second kappa shape index (κ2) is 9.74. The van der Waals surface area contributed by atoms with Crippen LogP contribution in [0.3, 0.4) is 0 Å². The zero-order valence-electron chi connectivity index (χ0n) is 15.9. The van der Waals surface area contributed by atoms with E-state index in [0.717, 1.165) is 6.42 Å². The minimum Gasteiger partial charge on any atom is -0.486 e. The van der Waals surface area contributed by atoms with Gasteiger partial charge in [0.1, 0.15) is 13.2 Å². The van der Waals surface area contributed by atoms with Gasteiger partial charge in [0.05, 0.1) is 0 Å². The number of ketones is 1. The molecule has 0 aromatic heterocycles. The average molecular weight is 379 g/mol. The molecule has 0 saturated carbocycles. The van der Waals surface area contributed by atoms with Crippen molar-refractivity contribution in [2.75, 3.05) is 26.3 Å². The van der Waals surface area contributed by atoms with Gasteiger partial charge in [-0.3, -0.25) is 9.59 Å². The molecule has 146 valence electrons. The summed E-state index contributed by atoms with van der Waals surface area (Å²) in [6.07, 6.45) is 2.83. The highest BCUT2D eigenvalue weighted by Crippen LogP contribution is 2.31. The van der Waals surface area contributed by atoms with Crippen molar-refractivity contribution in [1.82, 2.24) is 4.90 Å². The summed E-state index contributed by atoms with van der Waals surface area (Å²) in [6, 6.07) is 15.2. The molecule has 5 heteroatoms. The summed E-state index contributed by atoms with van der Waals surface area (Å²) < 4.78 is 11.0. The normalized spacial score (nSPS) is 12.3. The van der Waals surface area contributed by atoms with Crippen molar-refractivity contribution in [3.63, 3.8) is 0 Å². The molecule has 0 atom stereocenters. The van der Waals surface area contributed by atoms with Gasteiger partial charge in [-0.15, -0.1) is 6.58 Å². The molecule has 0 saturated heterocycles. The minimum atomic E-state index is -0.0769. The summed E-state index contributed by atoms with van der Waals surface area (Å²) in [5, 5.41) is 0. The highest BCUT2D eigenvalue weighted by Gasteiger charge is 2.18. The van der Waals surface area contributed by atoms with Crippen LogP contribution in [0.25, 0.3) is 0 Å². The molecule has 2 aromatic carbocycles. The van der Waals surface area contributed by atoms with Gasteiger partial charge in [-0.25, -0.2) is 0 Å². The first-order valence-electron chi connectivity index (χ1n) is 9.53. The van der Waals surface area contributed by atoms with Crippen LogP contribution in [0, 0.1) is 0 Å². The van der Waals surface area contributed by atoms with E-state index in [2.05, 4.69) is 6.58 Å². The largest absolute Gasteiger partial charge is 0.486 e. The molecule has 0 aliphatic carbocycles. The van der Waals surface area contributed by atoms with Gasteiger partial charge in [0.25, 0.3) is 0 Å². The zero-order chi connectivity index (χ0) is 19.8. The minimum absolute atomic E-state index is 0.0401. The van der Waals surface area contributed by atoms with Gasteiger partial charge in [-0.05, 0) is 30.2 Å². The number of carbonyl (C=O) groups excluding carboxylic acids is 2. The van der Waals surface area contributed by atoms with E-state index in [9.17, 15) is 9.59 Å². The topological polar surface area (TPSA) is 55.8 Å². The fraction of sp³-hybridized carbons (Fsp3) is 0.304. The second-order valence-electron chi connectivity index (χ2n) is 6.65. The predicted molar refractivity (Wildman–Crippen MR) is 108 cm³/mol. The Balaban J connectivity index is 1.54. The van der Waals surface area contributed by atoms with Gasteiger partial charge < -0.3 is 14.4 Å². The van der Waals surface area contributed by atoms with E-state index in [1.54, 1.807) is 29.2 Å². The van der Waals surface area contributed by atoms with E-state index in [0.29, 0.717) is 43.4 Å². The predicted octanol–water partition coefficient (Wildman–Crippen LogP) is 3.68. The third kappa shape index (κ3) is 5.22. The van der Waals surface area contributed by atoms with Crippen molar-refractivity contribution in [2.45, 2.75) is 19.3 Å². The van der Waals surface area contributed by atoms with Crippen LogP contribution in [0.2, 0.25) is 0 Å². The Labute approximate surface area is 165 Å². The molecule has 5 nitrogen and oxygen atoms in total. The number of nitrogens with zero attached hydrogens (tertiary/aromatic N) is 1. The molecule has 0 fully saturated rings. The van der Waals surface area contributed by atoms with Gasteiger partial charge >= 0.3 is 0 Å². The molecule has 1 aliphatic rings. The monoisotopic (exact) mass is 379 g/mol. The first-order chi connectivity index (χ1) is 13.7. The van der Waals surface area contributed by atoms with Gasteiger partial charge in [0.2, 0.25) is 5.91 Å². The van der Waals surface area contributed by atoms with Crippen LogP contribution in [-0.2, 0) is 11.2 Å². The molecule has 3 rings (SSSR count). The number of carbonyl (C=O) groups is 2. The lowest BCUT2D eigenvalue weighted by molar-refractivity contribution is -0.130. The fourth-order valence-electron chi connectivity index (χ4n) is 3.12. The summed E-state index contributed by atoms with van der Waals surface area (Å²) in [6.45, 7) is 5.80. The van der Waals surface area contributed by atoms with Crippen molar-refractivity contribution < 1.29 is 19.1 Å². The average Bonchev–Trinajstić information content (AvgIpc) is 2.75. The quantitative estimate of drug-likeness (QED) is 0.493. The SMILES string of the molecule is C=CCN(CCc1ccccc1)C(=O)CCC(=O)c1ccc2c(c1)OCCO2. The number of rotatable bonds is 9. The van der Waals surface area contributed by atoms with Crippen LogP contribution >= 0.6 is 0 Å². The molecule has 1 aliphatic heterocycles. The van der Waals surface area contributed by atoms with Crippen LogP contribution in [0.4, 0.5) is 0 Å². The summed E-state index contributed by atoms with van der Waals surface area (Å²) in [5.74, 6) is 1.12. The van der Waals surface area contributed by atoms with E-state index >= 15 is 0 Å². The Bertz CT molecular complexity index is 832. The molecule has 0 N–H and O–H groups in total. The van der Waals surface area contributed by atoms with E-state index in [4.69, 9.17) is 9.47 Å². The van der Waals surface area contributed by atoms with Crippen LogP contribution in [0.5, 0.6) is 11.5 Å². The number of ether oxygens (including phenoxy) is 2. The van der Waals surface area contributed by atoms with Crippen molar-refractivity contribution in [2.24, 2.45) is 0 Å². The maximum absolute atomic E-state index is 12.6. The van der Waals surface area contributed by atoms with Gasteiger partial charge in [-0.1, -0.05) is 36.4 Å². The summed E-state index contributed by atoms with van der Waals surface area (Å²) >= 11 is 0. The molecule has 28 heavy (non-hydrogen) atoms. The third-order valence-corrected chi connectivity index (χ3v) is 4.65. The van der Waals surface area contributed by atoms with Crippen LogP contribution in [-0.4, -0.2) is 42.9 Å². The second-order valence-corrected chi connectivity index (χ2v) is 6.65. The Morgan fingerprint density at radius 1 is 1.00 bits per heavy atom.